The Kier molecular flexibility index (Phi) is 7.50. The lowest BCUT2D eigenvalue weighted by molar-refractivity contribution is 0.193. The fourth-order valence-electron chi connectivity index (χ4n) is 2.60. The molecule has 8 heteroatoms. The van der Waals surface area contributed by atoms with E-state index in [4.69, 9.17) is 8.92 Å². The predicted octanol–water partition coefficient (Wildman–Crippen LogP) is 4.17. The molecule has 0 atom stereocenters. The number of nitrogens with zero attached hydrogens (tertiary/aromatic N) is 1. The van der Waals surface area contributed by atoms with E-state index >= 15 is 0 Å². The molecule has 0 saturated heterocycles. The molecule has 0 aliphatic heterocycles. The van der Waals surface area contributed by atoms with Crippen molar-refractivity contribution in [3.8, 4) is 11.5 Å². The molecule has 0 saturated carbocycles. The molecule has 0 aliphatic rings. The normalized spacial score (nSPS) is 11.2. The molecule has 2 aromatic rings. The van der Waals surface area contributed by atoms with E-state index in [1.54, 1.807) is 23.1 Å². The molecule has 0 unspecified atom stereocenters. The van der Waals surface area contributed by atoms with Crippen molar-refractivity contribution in [2.45, 2.75) is 40.3 Å². The Bertz CT molecular complexity index is 940. The van der Waals surface area contributed by atoms with Gasteiger partial charge >= 0.3 is 16.1 Å². The summed E-state index contributed by atoms with van der Waals surface area (Å²) in [6.45, 7) is 7.59. The van der Waals surface area contributed by atoms with Gasteiger partial charge in [-0.15, -0.1) is 0 Å². The van der Waals surface area contributed by atoms with E-state index in [1.165, 1.54) is 14.0 Å². The van der Waals surface area contributed by atoms with Gasteiger partial charge in [0, 0.05) is 18.3 Å². The van der Waals surface area contributed by atoms with Gasteiger partial charge in [0.1, 0.15) is 0 Å². The minimum Gasteiger partial charge on any atom is -0.493 e. The maximum Gasteiger partial charge on any atom is 0.322 e. The third-order valence-electron chi connectivity index (χ3n) is 4.34. The zero-order valence-electron chi connectivity index (χ0n) is 17.4. The first kappa shape index (κ1) is 22.5. The third-order valence-corrected chi connectivity index (χ3v) is 5.48. The quantitative estimate of drug-likeness (QED) is 0.648. The van der Waals surface area contributed by atoms with E-state index in [2.05, 4.69) is 5.32 Å². The molecule has 7 nitrogen and oxygen atoms in total. The van der Waals surface area contributed by atoms with Gasteiger partial charge in [0.2, 0.25) is 0 Å². The third kappa shape index (κ3) is 6.39. The first-order chi connectivity index (χ1) is 13.6. The Balaban J connectivity index is 2.23. The van der Waals surface area contributed by atoms with Crippen molar-refractivity contribution in [2.24, 2.45) is 0 Å². The number of aryl methyl sites for hydroxylation is 1. The van der Waals surface area contributed by atoms with Crippen molar-refractivity contribution in [1.82, 2.24) is 4.90 Å². The molecule has 1 N–H and O–H groups in total. The van der Waals surface area contributed by atoms with Gasteiger partial charge in [-0.1, -0.05) is 23.8 Å². The SMILES string of the molecule is CCS(=O)(=O)Oc1cc(CN(C(=O)Nc2ccc(C)cc2)C(C)C)ccc1OC. The van der Waals surface area contributed by atoms with Crippen LogP contribution in [0.25, 0.3) is 0 Å². The van der Waals surface area contributed by atoms with Gasteiger partial charge in [0.25, 0.3) is 0 Å². The number of anilines is 1. The van der Waals surface area contributed by atoms with Crippen LogP contribution in [0.15, 0.2) is 42.5 Å². The van der Waals surface area contributed by atoms with Gasteiger partial charge < -0.3 is 19.1 Å². The first-order valence-corrected chi connectivity index (χ1v) is 11.0. The topological polar surface area (TPSA) is 84.9 Å². The van der Waals surface area contributed by atoms with E-state index in [0.717, 1.165) is 11.1 Å². The second-order valence-electron chi connectivity index (χ2n) is 6.93. The molecular weight excluding hydrogens is 392 g/mol. The first-order valence-electron chi connectivity index (χ1n) is 9.38. The van der Waals surface area contributed by atoms with E-state index < -0.39 is 10.1 Å². The van der Waals surface area contributed by atoms with Gasteiger partial charge in [-0.25, -0.2) is 4.79 Å². The summed E-state index contributed by atoms with van der Waals surface area (Å²) in [6, 6.07) is 12.2. The minimum atomic E-state index is -3.70. The molecule has 29 heavy (non-hydrogen) atoms. The molecule has 0 aromatic heterocycles. The number of nitrogens with one attached hydrogen (secondary N) is 1. The number of benzene rings is 2. The molecule has 0 radical (unpaired) electrons. The number of methoxy groups -OCH3 is 1. The van der Waals surface area contributed by atoms with Crippen LogP contribution in [-0.4, -0.2) is 38.3 Å². The summed E-state index contributed by atoms with van der Waals surface area (Å²) in [7, 11) is -2.26. The minimum absolute atomic E-state index is 0.0775. The summed E-state index contributed by atoms with van der Waals surface area (Å²) in [5, 5.41) is 2.89. The molecular formula is C21H28N2O5S. The van der Waals surface area contributed by atoms with Gasteiger partial charge in [-0.05, 0) is 57.5 Å². The fraction of sp³-hybridized carbons (Fsp3) is 0.381. The predicted molar refractivity (Wildman–Crippen MR) is 114 cm³/mol. The lowest BCUT2D eigenvalue weighted by Crippen LogP contribution is -2.39. The Morgan fingerprint density at radius 2 is 1.76 bits per heavy atom. The molecule has 0 bridgehead atoms. The number of ether oxygens (including phenoxy) is 1. The summed E-state index contributed by atoms with van der Waals surface area (Å²) in [4.78, 5) is 14.4. The van der Waals surface area contributed by atoms with Crippen molar-refractivity contribution in [2.75, 3.05) is 18.2 Å². The van der Waals surface area contributed by atoms with Crippen molar-refractivity contribution < 1.29 is 22.1 Å². The largest absolute Gasteiger partial charge is 0.493 e. The van der Waals surface area contributed by atoms with Gasteiger partial charge in [-0.2, -0.15) is 8.42 Å². The molecule has 0 heterocycles. The average molecular weight is 421 g/mol. The summed E-state index contributed by atoms with van der Waals surface area (Å²) < 4.78 is 34.1. The van der Waals surface area contributed by atoms with E-state index in [1.807, 2.05) is 45.0 Å². The highest BCUT2D eigenvalue weighted by Crippen LogP contribution is 2.30. The monoisotopic (exact) mass is 420 g/mol. The van der Waals surface area contributed by atoms with Crippen LogP contribution in [0.5, 0.6) is 11.5 Å². The fourth-order valence-corrected chi connectivity index (χ4v) is 3.12. The number of rotatable bonds is 8. The number of carbonyl (C=O) groups is 1. The average Bonchev–Trinajstić information content (AvgIpc) is 2.67. The highest BCUT2D eigenvalue weighted by Gasteiger charge is 2.20. The van der Waals surface area contributed by atoms with Gasteiger partial charge in [-0.3, -0.25) is 0 Å². The van der Waals surface area contributed by atoms with Crippen molar-refractivity contribution in [1.29, 1.82) is 0 Å². The molecule has 158 valence electrons. The molecule has 0 spiro atoms. The van der Waals surface area contributed by atoms with Crippen LogP contribution in [0.4, 0.5) is 10.5 Å². The Morgan fingerprint density at radius 3 is 2.31 bits per heavy atom. The number of urea groups is 1. The molecule has 2 amide bonds. The standard InChI is InChI=1S/C21H28N2O5S/c1-6-29(25,26)28-20-13-17(9-12-19(20)27-5)14-23(15(2)3)21(24)22-18-10-7-16(4)8-11-18/h7-13,15H,6,14H2,1-5H3,(H,22,24). The highest BCUT2D eigenvalue weighted by atomic mass is 32.2. The molecule has 0 aliphatic carbocycles. The summed E-state index contributed by atoms with van der Waals surface area (Å²) >= 11 is 0. The van der Waals surface area contributed by atoms with Crippen molar-refractivity contribution in [3.63, 3.8) is 0 Å². The van der Waals surface area contributed by atoms with Gasteiger partial charge in [0.05, 0.1) is 12.9 Å². The smallest absolute Gasteiger partial charge is 0.322 e. The Hall–Kier alpha value is -2.74. The lowest BCUT2D eigenvalue weighted by Gasteiger charge is -2.27. The van der Waals surface area contributed by atoms with Crippen molar-refractivity contribution >= 4 is 21.8 Å². The van der Waals surface area contributed by atoms with E-state index in [-0.39, 0.29) is 30.1 Å². The molecule has 2 rings (SSSR count). The van der Waals surface area contributed by atoms with Crippen LogP contribution < -0.4 is 14.2 Å². The zero-order valence-corrected chi connectivity index (χ0v) is 18.2. The molecule has 0 fully saturated rings. The van der Waals surface area contributed by atoms with Gasteiger partial charge in [0.15, 0.2) is 11.5 Å². The number of hydrogen-bond donors (Lipinski definition) is 1. The van der Waals surface area contributed by atoms with E-state index in [0.29, 0.717) is 11.4 Å². The second-order valence-corrected chi connectivity index (χ2v) is 8.79. The lowest BCUT2D eigenvalue weighted by atomic mass is 10.1. The number of hydrogen-bond acceptors (Lipinski definition) is 5. The van der Waals surface area contributed by atoms with Crippen LogP contribution in [0.3, 0.4) is 0 Å². The van der Waals surface area contributed by atoms with Crippen LogP contribution in [0, 0.1) is 6.92 Å². The summed E-state index contributed by atoms with van der Waals surface area (Å²) in [5.74, 6) is 0.262. The van der Waals surface area contributed by atoms with Crippen molar-refractivity contribution in [3.05, 3.63) is 53.6 Å². The Labute approximate surface area is 172 Å². The van der Waals surface area contributed by atoms with Crippen LogP contribution in [-0.2, 0) is 16.7 Å². The number of carbonyl (C=O) groups excluding carboxylic acids is 1. The maximum atomic E-state index is 12.8. The van der Waals surface area contributed by atoms with Crippen LogP contribution >= 0.6 is 0 Å². The summed E-state index contributed by atoms with van der Waals surface area (Å²) in [6.07, 6.45) is 0. The number of amides is 2. The highest BCUT2D eigenvalue weighted by molar-refractivity contribution is 7.87. The summed E-state index contributed by atoms with van der Waals surface area (Å²) in [5.41, 5.74) is 2.54. The van der Waals surface area contributed by atoms with Crippen LogP contribution in [0.1, 0.15) is 31.9 Å². The zero-order chi connectivity index (χ0) is 21.6. The molecule has 2 aromatic carbocycles. The van der Waals surface area contributed by atoms with Crippen LogP contribution in [0.2, 0.25) is 0 Å². The van der Waals surface area contributed by atoms with E-state index in [9.17, 15) is 13.2 Å². The Morgan fingerprint density at radius 1 is 1.10 bits per heavy atom. The maximum absolute atomic E-state index is 12.8. The second kappa shape index (κ2) is 9.65.